The number of nitrogens with one attached hydrogen (secondary N) is 1. The third-order valence-corrected chi connectivity index (χ3v) is 3.75. The number of benzene rings is 1. The summed E-state index contributed by atoms with van der Waals surface area (Å²) in [5, 5.41) is 4.04. The van der Waals surface area contributed by atoms with Crippen molar-refractivity contribution in [2.75, 3.05) is 31.1 Å². The Labute approximate surface area is 135 Å². The van der Waals surface area contributed by atoms with Crippen molar-refractivity contribution in [1.82, 2.24) is 15.3 Å². The first-order chi connectivity index (χ1) is 10.7. The Morgan fingerprint density at radius 3 is 2.82 bits per heavy atom. The smallest absolute Gasteiger partial charge is 0.318 e. The first-order valence-electron chi connectivity index (χ1n) is 7.39. The highest BCUT2D eigenvalue weighted by Crippen LogP contribution is 2.18. The Morgan fingerprint density at radius 1 is 1.23 bits per heavy atom. The van der Waals surface area contributed by atoms with Crippen LogP contribution < -0.4 is 15.0 Å². The molecule has 2 heterocycles. The van der Waals surface area contributed by atoms with Gasteiger partial charge in [0.1, 0.15) is 12.4 Å². The number of halogens is 1. The highest BCUT2D eigenvalue weighted by atomic mass is 35.5. The van der Waals surface area contributed by atoms with Gasteiger partial charge in [0.15, 0.2) is 0 Å². The molecule has 116 valence electrons. The minimum Gasteiger partial charge on any atom is -0.459 e. The minimum atomic E-state index is 0.408. The molecule has 0 saturated carbocycles. The second-order valence-corrected chi connectivity index (χ2v) is 5.74. The highest BCUT2D eigenvalue weighted by Gasteiger charge is 2.14. The van der Waals surface area contributed by atoms with Crippen LogP contribution in [0.1, 0.15) is 11.3 Å². The van der Waals surface area contributed by atoms with Crippen LogP contribution in [0.5, 0.6) is 6.01 Å². The van der Waals surface area contributed by atoms with Gasteiger partial charge in [-0.15, -0.1) is 0 Å². The first kappa shape index (κ1) is 15.1. The summed E-state index contributed by atoms with van der Waals surface area (Å²) in [7, 11) is 0. The van der Waals surface area contributed by atoms with Gasteiger partial charge in [-0.2, -0.15) is 4.98 Å². The number of hydrogen-bond acceptors (Lipinski definition) is 5. The highest BCUT2D eigenvalue weighted by molar-refractivity contribution is 6.30. The third-order valence-electron chi connectivity index (χ3n) is 3.52. The Bertz CT molecular complexity index is 644. The molecule has 0 aliphatic carbocycles. The van der Waals surface area contributed by atoms with Crippen molar-refractivity contribution in [3.05, 3.63) is 46.6 Å². The molecule has 0 amide bonds. The monoisotopic (exact) mass is 318 g/mol. The standard InChI is InChI=1S/C16H19ClN4O/c1-12-9-15(21-7-5-18-6-8-21)20-16(19-12)22-11-13-3-2-4-14(17)10-13/h2-4,9-10,18H,5-8,11H2,1H3. The molecule has 1 aromatic heterocycles. The molecule has 3 rings (SSSR count). The second-order valence-electron chi connectivity index (χ2n) is 5.31. The molecule has 1 aromatic carbocycles. The molecule has 1 aliphatic heterocycles. The average Bonchev–Trinajstić information content (AvgIpc) is 2.53. The molecular formula is C16H19ClN4O. The van der Waals surface area contributed by atoms with E-state index in [0.29, 0.717) is 17.6 Å². The summed E-state index contributed by atoms with van der Waals surface area (Å²) in [5.74, 6) is 0.926. The zero-order valence-corrected chi connectivity index (χ0v) is 13.3. The Hall–Kier alpha value is -1.85. The van der Waals surface area contributed by atoms with Gasteiger partial charge < -0.3 is 15.0 Å². The van der Waals surface area contributed by atoms with Gasteiger partial charge in [-0.3, -0.25) is 0 Å². The lowest BCUT2D eigenvalue weighted by Crippen LogP contribution is -2.44. The molecule has 5 nitrogen and oxygen atoms in total. The molecule has 1 fully saturated rings. The molecule has 0 unspecified atom stereocenters. The Kier molecular flexibility index (Phi) is 4.75. The fraction of sp³-hybridized carbons (Fsp3) is 0.375. The quantitative estimate of drug-likeness (QED) is 0.938. The van der Waals surface area contributed by atoms with Crippen molar-refractivity contribution in [3.8, 4) is 6.01 Å². The number of anilines is 1. The average molecular weight is 319 g/mol. The van der Waals surface area contributed by atoms with Crippen molar-refractivity contribution in [2.24, 2.45) is 0 Å². The van der Waals surface area contributed by atoms with E-state index in [2.05, 4.69) is 20.2 Å². The number of nitrogens with zero attached hydrogens (tertiary/aromatic N) is 3. The van der Waals surface area contributed by atoms with Gasteiger partial charge in [0.05, 0.1) is 0 Å². The maximum atomic E-state index is 5.98. The Morgan fingerprint density at radius 2 is 2.05 bits per heavy atom. The van der Waals surface area contributed by atoms with E-state index in [9.17, 15) is 0 Å². The first-order valence-corrected chi connectivity index (χ1v) is 7.77. The van der Waals surface area contributed by atoms with Gasteiger partial charge in [0, 0.05) is 43.0 Å². The molecule has 0 radical (unpaired) electrons. The van der Waals surface area contributed by atoms with E-state index in [0.717, 1.165) is 43.3 Å². The van der Waals surface area contributed by atoms with Crippen LogP contribution in [0.15, 0.2) is 30.3 Å². The van der Waals surface area contributed by atoms with E-state index in [1.54, 1.807) is 0 Å². The van der Waals surface area contributed by atoms with Crippen LogP contribution in [0.2, 0.25) is 5.02 Å². The maximum Gasteiger partial charge on any atom is 0.318 e. The van der Waals surface area contributed by atoms with Crippen LogP contribution in [0, 0.1) is 6.92 Å². The van der Waals surface area contributed by atoms with E-state index in [-0.39, 0.29) is 0 Å². The zero-order valence-electron chi connectivity index (χ0n) is 12.6. The van der Waals surface area contributed by atoms with E-state index in [1.165, 1.54) is 0 Å². The number of aromatic nitrogens is 2. The van der Waals surface area contributed by atoms with Crippen LogP contribution in [-0.4, -0.2) is 36.1 Å². The molecule has 22 heavy (non-hydrogen) atoms. The molecule has 0 spiro atoms. The molecule has 1 N–H and O–H groups in total. The normalized spacial score (nSPS) is 14.9. The third kappa shape index (κ3) is 3.87. The number of rotatable bonds is 4. The van der Waals surface area contributed by atoms with Gasteiger partial charge in [-0.25, -0.2) is 4.98 Å². The van der Waals surface area contributed by atoms with Gasteiger partial charge in [0.25, 0.3) is 0 Å². The molecule has 0 atom stereocenters. The summed E-state index contributed by atoms with van der Waals surface area (Å²) in [6, 6.07) is 10.0. The van der Waals surface area contributed by atoms with E-state index in [4.69, 9.17) is 16.3 Å². The summed E-state index contributed by atoms with van der Waals surface area (Å²) in [4.78, 5) is 11.1. The predicted molar refractivity (Wildman–Crippen MR) is 87.6 cm³/mol. The van der Waals surface area contributed by atoms with Crippen molar-refractivity contribution < 1.29 is 4.74 Å². The number of piperazine rings is 1. The van der Waals surface area contributed by atoms with Gasteiger partial charge >= 0.3 is 6.01 Å². The van der Waals surface area contributed by atoms with Crippen LogP contribution in [0.4, 0.5) is 5.82 Å². The van der Waals surface area contributed by atoms with Crippen LogP contribution in [0.3, 0.4) is 0 Å². The lowest BCUT2D eigenvalue weighted by molar-refractivity contribution is 0.280. The summed E-state index contributed by atoms with van der Waals surface area (Å²) in [5.41, 5.74) is 1.91. The van der Waals surface area contributed by atoms with Gasteiger partial charge in [-0.05, 0) is 24.6 Å². The van der Waals surface area contributed by atoms with Crippen molar-refractivity contribution in [2.45, 2.75) is 13.5 Å². The topological polar surface area (TPSA) is 50.3 Å². The molecule has 2 aromatic rings. The van der Waals surface area contributed by atoms with Crippen molar-refractivity contribution in [1.29, 1.82) is 0 Å². The number of aryl methyl sites for hydroxylation is 1. The fourth-order valence-corrected chi connectivity index (χ4v) is 2.63. The largest absolute Gasteiger partial charge is 0.459 e. The predicted octanol–water partition coefficient (Wildman–Crippen LogP) is 2.43. The van der Waals surface area contributed by atoms with Gasteiger partial charge in [-0.1, -0.05) is 23.7 Å². The lowest BCUT2D eigenvalue weighted by atomic mass is 10.2. The van der Waals surface area contributed by atoms with E-state index < -0.39 is 0 Å². The van der Waals surface area contributed by atoms with Crippen LogP contribution >= 0.6 is 11.6 Å². The maximum absolute atomic E-state index is 5.98. The molecule has 6 heteroatoms. The molecule has 1 aliphatic rings. The van der Waals surface area contributed by atoms with Crippen molar-refractivity contribution >= 4 is 17.4 Å². The van der Waals surface area contributed by atoms with E-state index >= 15 is 0 Å². The minimum absolute atomic E-state index is 0.408. The van der Waals surface area contributed by atoms with E-state index in [1.807, 2.05) is 37.3 Å². The second kappa shape index (κ2) is 6.94. The number of hydrogen-bond donors (Lipinski definition) is 1. The van der Waals surface area contributed by atoms with Crippen LogP contribution in [0.25, 0.3) is 0 Å². The summed E-state index contributed by atoms with van der Waals surface area (Å²) < 4.78 is 5.74. The lowest BCUT2D eigenvalue weighted by Gasteiger charge is -2.28. The zero-order chi connectivity index (χ0) is 15.4. The SMILES string of the molecule is Cc1cc(N2CCNCC2)nc(OCc2cccc(Cl)c2)n1. The molecular weight excluding hydrogens is 300 g/mol. The summed E-state index contributed by atoms with van der Waals surface area (Å²) in [6.45, 7) is 6.21. The molecule has 1 saturated heterocycles. The Balaban J connectivity index is 1.71. The number of ether oxygens (including phenoxy) is 1. The molecule has 0 bridgehead atoms. The summed E-state index contributed by atoms with van der Waals surface area (Å²) >= 11 is 5.98. The summed E-state index contributed by atoms with van der Waals surface area (Å²) in [6.07, 6.45) is 0. The van der Waals surface area contributed by atoms with Crippen LogP contribution in [-0.2, 0) is 6.61 Å². The van der Waals surface area contributed by atoms with Crippen molar-refractivity contribution in [3.63, 3.8) is 0 Å². The fourth-order valence-electron chi connectivity index (χ4n) is 2.42. The van der Waals surface area contributed by atoms with Gasteiger partial charge in [0.2, 0.25) is 0 Å².